The number of aromatic nitrogens is 2. The van der Waals surface area contributed by atoms with Gasteiger partial charge in [0, 0.05) is 38.9 Å². The summed E-state index contributed by atoms with van der Waals surface area (Å²) in [4.78, 5) is 6.49. The topological polar surface area (TPSA) is 57.5 Å². The summed E-state index contributed by atoms with van der Waals surface area (Å²) in [5.74, 6) is 0.798. The van der Waals surface area contributed by atoms with Gasteiger partial charge in [0.15, 0.2) is 5.96 Å². The zero-order chi connectivity index (χ0) is 17.5. The van der Waals surface area contributed by atoms with Crippen molar-refractivity contribution < 1.29 is 0 Å². The minimum atomic E-state index is 0. The highest BCUT2D eigenvalue weighted by Gasteiger charge is 2.16. The third kappa shape index (κ3) is 6.66. The van der Waals surface area contributed by atoms with E-state index >= 15 is 0 Å². The van der Waals surface area contributed by atoms with Crippen LogP contribution >= 0.6 is 24.0 Å². The Kier molecular flexibility index (Phi) is 8.91. The lowest BCUT2D eigenvalue weighted by Gasteiger charge is -2.24. The minimum Gasteiger partial charge on any atom is -0.354 e. The Morgan fingerprint density at radius 1 is 1.32 bits per heavy atom. The van der Waals surface area contributed by atoms with Crippen molar-refractivity contribution in [3.05, 3.63) is 53.3 Å². The van der Waals surface area contributed by atoms with Crippen LogP contribution in [0.25, 0.3) is 0 Å². The molecule has 1 aromatic carbocycles. The first-order valence-corrected chi connectivity index (χ1v) is 8.14. The van der Waals surface area contributed by atoms with Crippen molar-refractivity contribution in [3.8, 4) is 0 Å². The molecule has 0 fully saturated rings. The summed E-state index contributed by atoms with van der Waals surface area (Å²) < 4.78 is 1.83. The molecule has 0 aliphatic rings. The third-order valence-corrected chi connectivity index (χ3v) is 3.96. The fraction of sp³-hybridized carbons (Fsp3) is 0.444. The van der Waals surface area contributed by atoms with Gasteiger partial charge in [-0.25, -0.2) is 0 Å². The van der Waals surface area contributed by atoms with E-state index in [-0.39, 0.29) is 30.0 Å². The first kappa shape index (κ1) is 21.4. The molecule has 6 nitrogen and oxygen atoms in total. The number of hydrogen-bond donors (Lipinski definition) is 2. The second-order valence-electron chi connectivity index (χ2n) is 6.22. The standard InChI is InChI=1S/C18H28N6.HI/c1-14-7-6-8-15(9-14)10-20-18(19-2)21-12-17(23(3)4)16-11-22-24(5)13-16;/h6-9,11,13,17H,10,12H2,1-5H3,(H2,19,20,21);1H. The highest BCUT2D eigenvalue weighted by molar-refractivity contribution is 14.0. The van der Waals surface area contributed by atoms with Gasteiger partial charge in [0.1, 0.15) is 0 Å². The minimum absolute atomic E-state index is 0. The van der Waals surface area contributed by atoms with Crippen molar-refractivity contribution in [2.24, 2.45) is 12.0 Å². The van der Waals surface area contributed by atoms with E-state index < -0.39 is 0 Å². The van der Waals surface area contributed by atoms with Crippen LogP contribution in [0, 0.1) is 6.92 Å². The maximum absolute atomic E-state index is 4.31. The number of hydrogen-bond acceptors (Lipinski definition) is 3. The van der Waals surface area contributed by atoms with Gasteiger partial charge in [0.25, 0.3) is 0 Å². The molecule has 0 aliphatic carbocycles. The van der Waals surface area contributed by atoms with Crippen molar-refractivity contribution in [2.75, 3.05) is 27.7 Å². The number of nitrogens with zero attached hydrogens (tertiary/aromatic N) is 4. The molecule has 0 radical (unpaired) electrons. The van der Waals surface area contributed by atoms with Crippen LogP contribution in [-0.2, 0) is 13.6 Å². The van der Waals surface area contributed by atoms with E-state index in [0.717, 1.165) is 19.0 Å². The van der Waals surface area contributed by atoms with Gasteiger partial charge in [0.05, 0.1) is 12.2 Å². The molecule has 2 N–H and O–H groups in total. The Balaban J connectivity index is 0.00000312. The van der Waals surface area contributed by atoms with E-state index in [1.54, 1.807) is 7.05 Å². The van der Waals surface area contributed by atoms with E-state index in [0.29, 0.717) is 0 Å². The average molecular weight is 456 g/mol. The van der Waals surface area contributed by atoms with E-state index in [4.69, 9.17) is 0 Å². The summed E-state index contributed by atoms with van der Waals surface area (Å²) in [6.07, 6.45) is 3.96. The molecule has 0 saturated carbocycles. The number of likely N-dealkylation sites (N-methyl/N-ethyl adjacent to an activating group) is 1. The predicted molar refractivity (Wildman–Crippen MR) is 114 cm³/mol. The van der Waals surface area contributed by atoms with Crippen molar-refractivity contribution in [1.82, 2.24) is 25.3 Å². The molecule has 2 rings (SSSR count). The number of guanidine groups is 1. The second-order valence-corrected chi connectivity index (χ2v) is 6.22. The van der Waals surface area contributed by atoms with Crippen LogP contribution in [-0.4, -0.2) is 48.3 Å². The van der Waals surface area contributed by atoms with Gasteiger partial charge in [-0.15, -0.1) is 24.0 Å². The molecule has 0 bridgehead atoms. The van der Waals surface area contributed by atoms with Crippen LogP contribution in [0.15, 0.2) is 41.7 Å². The number of benzene rings is 1. The van der Waals surface area contributed by atoms with Gasteiger partial charge >= 0.3 is 0 Å². The molecule has 0 amide bonds. The Morgan fingerprint density at radius 2 is 2.08 bits per heavy atom. The molecule has 0 aliphatic heterocycles. The van der Waals surface area contributed by atoms with Gasteiger partial charge < -0.3 is 15.5 Å². The van der Waals surface area contributed by atoms with Crippen molar-refractivity contribution >= 4 is 29.9 Å². The second kappa shape index (κ2) is 10.4. The van der Waals surface area contributed by atoms with Crippen LogP contribution in [0.4, 0.5) is 0 Å². The number of aryl methyl sites for hydroxylation is 2. The van der Waals surface area contributed by atoms with Gasteiger partial charge in [-0.3, -0.25) is 9.67 Å². The van der Waals surface area contributed by atoms with E-state index in [1.165, 1.54) is 16.7 Å². The first-order valence-electron chi connectivity index (χ1n) is 8.14. The molecule has 0 spiro atoms. The molecule has 1 atom stereocenters. The lowest BCUT2D eigenvalue weighted by atomic mass is 10.1. The summed E-state index contributed by atoms with van der Waals surface area (Å²) >= 11 is 0. The molecule has 0 saturated heterocycles. The van der Waals surface area contributed by atoms with E-state index in [1.807, 2.05) is 17.9 Å². The number of halogens is 1. The third-order valence-electron chi connectivity index (χ3n) is 3.96. The fourth-order valence-corrected chi connectivity index (χ4v) is 2.63. The highest BCUT2D eigenvalue weighted by Crippen LogP contribution is 2.16. The molecule has 25 heavy (non-hydrogen) atoms. The molecule has 1 aromatic heterocycles. The van der Waals surface area contributed by atoms with Crippen molar-refractivity contribution in [2.45, 2.75) is 19.5 Å². The normalized spacial score (nSPS) is 12.6. The van der Waals surface area contributed by atoms with Crippen LogP contribution in [0.5, 0.6) is 0 Å². The largest absolute Gasteiger partial charge is 0.354 e. The molecule has 1 heterocycles. The molecule has 138 valence electrons. The van der Waals surface area contributed by atoms with Gasteiger partial charge in [-0.1, -0.05) is 29.8 Å². The first-order chi connectivity index (χ1) is 11.5. The van der Waals surface area contributed by atoms with Crippen LogP contribution in [0.3, 0.4) is 0 Å². The maximum atomic E-state index is 4.31. The molecular formula is C18H29IN6. The predicted octanol–water partition coefficient (Wildman–Crippen LogP) is 2.31. The molecule has 7 heteroatoms. The Hall–Kier alpha value is -1.61. The van der Waals surface area contributed by atoms with Gasteiger partial charge in [-0.05, 0) is 26.6 Å². The summed E-state index contributed by atoms with van der Waals surface area (Å²) in [7, 11) is 7.87. The summed E-state index contributed by atoms with van der Waals surface area (Å²) in [5.41, 5.74) is 3.69. The number of rotatable bonds is 6. The lowest BCUT2D eigenvalue weighted by molar-refractivity contribution is 0.298. The van der Waals surface area contributed by atoms with Crippen molar-refractivity contribution in [1.29, 1.82) is 0 Å². The average Bonchev–Trinajstić information content (AvgIpc) is 2.96. The lowest BCUT2D eigenvalue weighted by Crippen LogP contribution is -2.41. The van der Waals surface area contributed by atoms with Crippen LogP contribution in [0.1, 0.15) is 22.7 Å². The van der Waals surface area contributed by atoms with E-state index in [9.17, 15) is 0 Å². The van der Waals surface area contributed by atoms with E-state index in [2.05, 4.69) is 77.1 Å². The summed E-state index contributed by atoms with van der Waals surface area (Å²) in [5, 5.41) is 11.0. The number of nitrogens with one attached hydrogen (secondary N) is 2. The fourth-order valence-electron chi connectivity index (χ4n) is 2.63. The number of aliphatic imine (C=N–C) groups is 1. The summed E-state index contributed by atoms with van der Waals surface area (Å²) in [6, 6.07) is 8.71. The molecular weight excluding hydrogens is 427 g/mol. The zero-order valence-corrected chi connectivity index (χ0v) is 18.0. The Morgan fingerprint density at radius 3 is 2.64 bits per heavy atom. The van der Waals surface area contributed by atoms with Gasteiger partial charge in [-0.2, -0.15) is 5.10 Å². The Labute approximate surface area is 167 Å². The SMILES string of the molecule is CN=C(NCc1cccc(C)c1)NCC(c1cnn(C)c1)N(C)C.I. The quantitative estimate of drug-likeness (QED) is 0.398. The molecule has 2 aromatic rings. The smallest absolute Gasteiger partial charge is 0.191 e. The van der Waals surface area contributed by atoms with Crippen molar-refractivity contribution in [3.63, 3.8) is 0 Å². The van der Waals surface area contributed by atoms with Crippen LogP contribution in [0.2, 0.25) is 0 Å². The molecule has 1 unspecified atom stereocenters. The maximum Gasteiger partial charge on any atom is 0.191 e. The Bertz CT molecular complexity index is 680. The van der Waals surface area contributed by atoms with Gasteiger partial charge in [0.2, 0.25) is 0 Å². The monoisotopic (exact) mass is 456 g/mol. The zero-order valence-electron chi connectivity index (χ0n) is 15.7. The summed E-state index contributed by atoms with van der Waals surface area (Å²) in [6.45, 7) is 3.61. The van der Waals surface area contributed by atoms with Crippen LogP contribution < -0.4 is 10.6 Å². The highest BCUT2D eigenvalue weighted by atomic mass is 127.